The van der Waals surface area contributed by atoms with Gasteiger partial charge in [0.25, 0.3) is 0 Å². The summed E-state index contributed by atoms with van der Waals surface area (Å²) >= 11 is 0. The van der Waals surface area contributed by atoms with E-state index >= 15 is 0 Å². The summed E-state index contributed by atoms with van der Waals surface area (Å²) in [5, 5.41) is 21.6. The van der Waals surface area contributed by atoms with Crippen molar-refractivity contribution in [2.75, 3.05) is 17.2 Å². The van der Waals surface area contributed by atoms with Crippen LogP contribution in [-0.2, 0) is 9.53 Å². The maximum atomic E-state index is 12.3. The van der Waals surface area contributed by atoms with Crippen LogP contribution in [0, 0.1) is 13.8 Å². The number of hydrogen-bond donors (Lipinski definition) is 4. The molecule has 9 nitrogen and oxygen atoms in total. The number of aromatic nitrogens is 1. The highest BCUT2D eigenvalue weighted by molar-refractivity contribution is 5.91. The summed E-state index contributed by atoms with van der Waals surface area (Å²) in [5.41, 5.74) is 1.77. The molecule has 1 aromatic carbocycles. The van der Waals surface area contributed by atoms with Crippen LogP contribution >= 0.6 is 0 Å². The normalized spacial score (nSPS) is 20.9. The fourth-order valence-electron chi connectivity index (χ4n) is 3.01. The number of nitrogens with zero attached hydrogens (tertiary/aromatic N) is 1. The van der Waals surface area contributed by atoms with Crippen molar-refractivity contribution in [1.29, 1.82) is 0 Å². The van der Waals surface area contributed by atoms with Crippen molar-refractivity contribution in [3.8, 4) is 0 Å². The summed E-state index contributed by atoms with van der Waals surface area (Å²) in [4.78, 5) is 24.5. The number of carbonyl (C=O) groups excluding carboxylic acids is 2. The number of aryl methyl sites for hydroxylation is 2. The summed E-state index contributed by atoms with van der Waals surface area (Å²) in [6, 6.07) is 8.10. The number of rotatable bonds is 6. The molecule has 29 heavy (non-hydrogen) atoms. The lowest BCUT2D eigenvalue weighted by molar-refractivity contribution is -0.120. The van der Waals surface area contributed by atoms with Crippen molar-refractivity contribution >= 4 is 23.3 Å². The van der Waals surface area contributed by atoms with Crippen LogP contribution in [0.2, 0.25) is 0 Å². The van der Waals surface area contributed by atoms with Crippen molar-refractivity contribution in [2.45, 2.75) is 38.5 Å². The third-order valence-electron chi connectivity index (χ3n) is 4.48. The first-order chi connectivity index (χ1) is 14.0. The van der Waals surface area contributed by atoms with E-state index in [1.165, 1.54) is 0 Å². The fraction of sp³-hybridized carbons (Fsp3) is 0.350. The van der Waals surface area contributed by atoms with Gasteiger partial charge in [0.1, 0.15) is 17.5 Å². The Morgan fingerprint density at radius 1 is 1.14 bits per heavy atom. The highest BCUT2D eigenvalue weighted by Crippen LogP contribution is 2.20. The maximum absolute atomic E-state index is 12.3. The number of urea groups is 1. The number of aliphatic hydroxyl groups excluding tert-OH is 1. The highest BCUT2D eigenvalue weighted by atomic mass is 16.5. The summed E-state index contributed by atoms with van der Waals surface area (Å²) < 4.78 is 10.8. The predicted octanol–water partition coefficient (Wildman–Crippen LogP) is 2.13. The second-order valence-corrected chi connectivity index (χ2v) is 6.72. The molecule has 9 heteroatoms. The maximum Gasteiger partial charge on any atom is 0.319 e. The molecule has 1 aliphatic rings. The molecule has 2 heterocycles. The highest BCUT2D eigenvalue weighted by Gasteiger charge is 2.29. The Morgan fingerprint density at radius 3 is 2.55 bits per heavy atom. The number of nitrogens with one attached hydrogen (secondary N) is 3. The fourth-order valence-corrected chi connectivity index (χ4v) is 3.01. The third-order valence-corrected chi connectivity index (χ3v) is 4.48. The number of aliphatic hydroxyl groups is 1. The molecule has 0 unspecified atom stereocenters. The van der Waals surface area contributed by atoms with Crippen molar-refractivity contribution in [1.82, 2.24) is 10.5 Å². The quantitative estimate of drug-likeness (QED) is 0.551. The van der Waals surface area contributed by atoms with E-state index in [1.54, 1.807) is 38.1 Å². The summed E-state index contributed by atoms with van der Waals surface area (Å²) in [7, 11) is 0. The van der Waals surface area contributed by atoms with E-state index in [-0.39, 0.29) is 18.9 Å². The average Bonchev–Trinajstić information content (AvgIpc) is 3.01. The van der Waals surface area contributed by atoms with Gasteiger partial charge in [0.2, 0.25) is 5.91 Å². The SMILES string of the molecule is Cc1noc(C)c1NC(=O)N[C@@H]1C=C[C@H](CC(=O)Nc2ccccc2)O[C@@H]1CO. The molecule has 0 aliphatic carbocycles. The minimum atomic E-state index is -0.676. The van der Waals surface area contributed by atoms with Gasteiger partial charge >= 0.3 is 6.03 Å². The van der Waals surface area contributed by atoms with Crippen LogP contribution in [0.5, 0.6) is 0 Å². The van der Waals surface area contributed by atoms with E-state index in [9.17, 15) is 14.7 Å². The van der Waals surface area contributed by atoms with Crippen molar-refractivity contribution in [3.05, 3.63) is 53.9 Å². The number of anilines is 2. The summed E-state index contributed by atoms with van der Waals surface area (Å²) in [5.74, 6) is 0.293. The Hall–Kier alpha value is -3.17. The second-order valence-electron chi connectivity index (χ2n) is 6.72. The smallest absolute Gasteiger partial charge is 0.319 e. The molecule has 0 saturated carbocycles. The first-order valence-corrected chi connectivity index (χ1v) is 9.26. The van der Waals surface area contributed by atoms with Gasteiger partial charge in [-0.05, 0) is 26.0 Å². The van der Waals surface area contributed by atoms with Crippen LogP contribution in [-0.4, -0.2) is 47.1 Å². The van der Waals surface area contributed by atoms with E-state index in [0.29, 0.717) is 22.8 Å². The lowest BCUT2D eigenvalue weighted by Crippen LogP contribution is -2.50. The molecule has 3 amide bonds. The van der Waals surface area contributed by atoms with Gasteiger partial charge in [-0.2, -0.15) is 0 Å². The van der Waals surface area contributed by atoms with Crippen LogP contribution in [0.3, 0.4) is 0 Å². The zero-order valence-electron chi connectivity index (χ0n) is 16.2. The lowest BCUT2D eigenvalue weighted by atomic mass is 10.0. The first-order valence-electron chi connectivity index (χ1n) is 9.26. The van der Waals surface area contributed by atoms with Crippen LogP contribution in [0.1, 0.15) is 17.9 Å². The van der Waals surface area contributed by atoms with Gasteiger partial charge in [0, 0.05) is 5.69 Å². The third kappa shape index (κ3) is 5.43. The van der Waals surface area contributed by atoms with Crippen molar-refractivity contribution in [3.63, 3.8) is 0 Å². The predicted molar refractivity (Wildman–Crippen MR) is 106 cm³/mol. The number of benzene rings is 1. The Labute approximate surface area is 168 Å². The van der Waals surface area contributed by atoms with Crippen LogP contribution in [0.4, 0.5) is 16.2 Å². The molecule has 0 fully saturated rings. The minimum Gasteiger partial charge on any atom is -0.394 e. The molecule has 0 radical (unpaired) electrons. The van der Waals surface area contributed by atoms with Crippen LogP contribution in [0.15, 0.2) is 47.0 Å². The molecular formula is C20H24N4O5. The van der Waals surface area contributed by atoms with Crippen LogP contribution in [0.25, 0.3) is 0 Å². The Kier molecular flexibility index (Phi) is 6.63. The molecule has 0 saturated heterocycles. The molecular weight excluding hydrogens is 376 g/mol. The molecule has 0 spiro atoms. The number of ether oxygens (including phenoxy) is 1. The topological polar surface area (TPSA) is 126 Å². The van der Waals surface area contributed by atoms with Gasteiger partial charge in [0.15, 0.2) is 5.76 Å². The van der Waals surface area contributed by atoms with Gasteiger partial charge in [-0.25, -0.2) is 4.79 Å². The molecule has 1 aliphatic heterocycles. The van der Waals surface area contributed by atoms with E-state index in [0.717, 1.165) is 0 Å². The number of para-hydroxylation sites is 1. The first kappa shape index (κ1) is 20.6. The molecule has 154 valence electrons. The van der Waals surface area contributed by atoms with Gasteiger partial charge in [0.05, 0.1) is 25.2 Å². The molecule has 0 bridgehead atoms. The number of hydrogen-bond acceptors (Lipinski definition) is 6. The van der Waals surface area contributed by atoms with Crippen LogP contribution < -0.4 is 16.0 Å². The molecule has 3 atom stereocenters. The molecule has 2 aromatic rings. The molecule has 1 aromatic heterocycles. The van der Waals surface area contributed by atoms with E-state index in [2.05, 4.69) is 21.1 Å². The zero-order chi connectivity index (χ0) is 20.8. The van der Waals surface area contributed by atoms with Crippen molar-refractivity contribution < 1.29 is 24.0 Å². The standard InChI is InChI=1S/C20H24N4O5/c1-12-19(13(2)29-24-12)23-20(27)22-16-9-8-15(28-17(16)11-25)10-18(26)21-14-6-4-3-5-7-14/h3-9,15-17,25H,10-11H2,1-2H3,(H,21,26)(H2,22,23,27)/t15-,16-,17-/m1/s1. The molecule has 4 N–H and O–H groups in total. The largest absolute Gasteiger partial charge is 0.394 e. The van der Waals surface area contributed by atoms with Gasteiger partial charge in [-0.1, -0.05) is 35.5 Å². The minimum absolute atomic E-state index is 0.0971. The summed E-state index contributed by atoms with van der Waals surface area (Å²) in [6.45, 7) is 3.11. The lowest BCUT2D eigenvalue weighted by Gasteiger charge is -2.31. The van der Waals surface area contributed by atoms with Gasteiger partial charge < -0.3 is 30.3 Å². The Balaban J connectivity index is 1.55. The van der Waals surface area contributed by atoms with E-state index in [4.69, 9.17) is 9.26 Å². The number of carbonyl (C=O) groups is 2. The second kappa shape index (κ2) is 9.35. The summed E-state index contributed by atoms with van der Waals surface area (Å²) in [6.07, 6.45) is 2.35. The van der Waals surface area contributed by atoms with Gasteiger partial charge in [-0.3, -0.25) is 4.79 Å². The van der Waals surface area contributed by atoms with E-state index < -0.39 is 24.3 Å². The molecule has 3 rings (SSSR count). The Bertz CT molecular complexity index is 861. The zero-order valence-corrected chi connectivity index (χ0v) is 16.2. The average molecular weight is 400 g/mol. The number of amides is 3. The van der Waals surface area contributed by atoms with Crippen molar-refractivity contribution in [2.24, 2.45) is 0 Å². The monoisotopic (exact) mass is 400 g/mol. The Morgan fingerprint density at radius 2 is 1.90 bits per heavy atom. The van der Waals surface area contributed by atoms with E-state index in [1.807, 2.05) is 18.2 Å². The van der Waals surface area contributed by atoms with Gasteiger partial charge in [-0.15, -0.1) is 0 Å².